The summed E-state index contributed by atoms with van der Waals surface area (Å²) in [5, 5.41) is 3.33. The molecule has 18 heavy (non-hydrogen) atoms. The second-order valence-electron chi connectivity index (χ2n) is 4.32. The molecule has 0 fully saturated rings. The minimum Gasteiger partial charge on any atom is -0.378 e. The van der Waals surface area contributed by atoms with Gasteiger partial charge < -0.3 is 5.32 Å². The molecule has 1 unspecified atom stereocenters. The van der Waals surface area contributed by atoms with Crippen molar-refractivity contribution in [2.45, 2.75) is 19.9 Å². The van der Waals surface area contributed by atoms with Crippen LogP contribution in [0.5, 0.6) is 0 Å². The predicted molar refractivity (Wildman–Crippen MR) is 75.1 cm³/mol. The van der Waals surface area contributed by atoms with E-state index in [0.29, 0.717) is 0 Å². The third kappa shape index (κ3) is 3.29. The van der Waals surface area contributed by atoms with Gasteiger partial charge >= 0.3 is 0 Å². The molecule has 1 N–H and O–H groups in total. The normalized spacial score (nSPS) is 12.2. The standard InChI is InChI=1S/C14H14BrFN2/c1-9-3-12(15)6-14(4-9)18-10(2)11-5-13(16)8-17-7-11/h3-8,10,18H,1-2H3. The summed E-state index contributed by atoms with van der Waals surface area (Å²) < 4.78 is 14.1. The molecule has 0 bridgehead atoms. The monoisotopic (exact) mass is 308 g/mol. The van der Waals surface area contributed by atoms with Gasteiger partial charge in [-0.05, 0) is 49.2 Å². The third-order valence-electron chi connectivity index (χ3n) is 2.65. The fraction of sp³-hybridized carbons (Fsp3) is 0.214. The summed E-state index contributed by atoms with van der Waals surface area (Å²) in [5.74, 6) is -0.313. The molecule has 1 aromatic carbocycles. The molecule has 0 radical (unpaired) electrons. The Balaban J connectivity index is 2.18. The Labute approximate surface area is 114 Å². The zero-order valence-electron chi connectivity index (χ0n) is 10.2. The SMILES string of the molecule is Cc1cc(Br)cc(NC(C)c2cncc(F)c2)c1. The number of nitrogens with one attached hydrogen (secondary N) is 1. The van der Waals surface area contributed by atoms with Crippen molar-refractivity contribution in [1.29, 1.82) is 0 Å². The maximum atomic E-state index is 13.1. The van der Waals surface area contributed by atoms with E-state index in [0.717, 1.165) is 21.3 Å². The van der Waals surface area contributed by atoms with Crippen LogP contribution in [0.15, 0.2) is 41.1 Å². The molecule has 0 aliphatic heterocycles. The first-order valence-electron chi connectivity index (χ1n) is 5.69. The van der Waals surface area contributed by atoms with E-state index in [-0.39, 0.29) is 11.9 Å². The van der Waals surface area contributed by atoms with Crippen molar-refractivity contribution < 1.29 is 4.39 Å². The van der Waals surface area contributed by atoms with E-state index in [1.54, 1.807) is 6.20 Å². The number of aryl methyl sites for hydroxylation is 1. The van der Waals surface area contributed by atoms with Crippen LogP contribution in [-0.2, 0) is 0 Å². The Kier molecular flexibility index (Phi) is 3.97. The van der Waals surface area contributed by atoms with Crippen molar-refractivity contribution in [3.05, 3.63) is 58.1 Å². The Hall–Kier alpha value is -1.42. The van der Waals surface area contributed by atoms with Crippen LogP contribution in [0.1, 0.15) is 24.1 Å². The van der Waals surface area contributed by atoms with Crippen molar-refractivity contribution >= 4 is 21.6 Å². The fourth-order valence-corrected chi connectivity index (χ4v) is 2.43. The van der Waals surface area contributed by atoms with Crippen molar-refractivity contribution in [3.8, 4) is 0 Å². The molecule has 0 spiro atoms. The van der Waals surface area contributed by atoms with Gasteiger partial charge in [0.1, 0.15) is 5.82 Å². The van der Waals surface area contributed by atoms with Crippen LogP contribution in [0.2, 0.25) is 0 Å². The number of rotatable bonds is 3. The van der Waals surface area contributed by atoms with Gasteiger partial charge in [0.25, 0.3) is 0 Å². The maximum absolute atomic E-state index is 13.1. The molecule has 2 rings (SSSR count). The number of benzene rings is 1. The van der Waals surface area contributed by atoms with Crippen LogP contribution in [0.3, 0.4) is 0 Å². The van der Waals surface area contributed by atoms with Crippen LogP contribution in [0.25, 0.3) is 0 Å². The van der Waals surface area contributed by atoms with E-state index in [4.69, 9.17) is 0 Å². The van der Waals surface area contributed by atoms with Crippen LogP contribution in [0.4, 0.5) is 10.1 Å². The lowest BCUT2D eigenvalue weighted by Crippen LogP contribution is -2.07. The zero-order chi connectivity index (χ0) is 13.1. The molecular formula is C14H14BrFN2. The second kappa shape index (κ2) is 5.48. The Morgan fingerprint density at radius 1 is 1.22 bits per heavy atom. The number of halogens is 2. The van der Waals surface area contributed by atoms with E-state index < -0.39 is 0 Å². The van der Waals surface area contributed by atoms with Gasteiger partial charge in [0.2, 0.25) is 0 Å². The Morgan fingerprint density at radius 3 is 2.67 bits per heavy atom. The molecule has 0 saturated carbocycles. The van der Waals surface area contributed by atoms with Gasteiger partial charge in [0.05, 0.1) is 12.2 Å². The molecule has 1 aromatic heterocycles. The second-order valence-corrected chi connectivity index (χ2v) is 5.24. The van der Waals surface area contributed by atoms with Crippen molar-refractivity contribution in [1.82, 2.24) is 4.98 Å². The quantitative estimate of drug-likeness (QED) is 0.905. The lowest BCUT2D eigenvalue weighted by molar-refractivity contribution is 0.616. The third-order valence-corrected chi connectivity index (χ3v) is 3.11. The number of aromatic nitrogens is 1. The lowest BCUT2D eigenvalue weighted by atomic mass is 10.1. The number of nitrogens with zero attached hydrogens (tertiary/aromatic N) is 1. The van der Waals surface area contributed by atoms with Crippen LogP contribution in [-0.4, -0.2) is 4.98 Å². The largest absolute Gasteiger partial charge is 0.378 e. The molecule has 0 aliphatic rings. The molecule has 0 saturated heterocycles. The summed E-state index contributed by atoms with van der Waals surface area (Å²) in [5.41, 5.74) is 2.99. The molecular weight excluding hydrogens is 295 g/mol. The molecule has 2 aromatic rings. The number of pyridine rings is 1. The van der Waals surface area contributed by atoms with Crippen molar-refractivity contribution in [3.63, 3.8) is 0 Å². The number of hydrogen-bond acceptors (Lipinski definition) is 2. The average molecular weight is 309 g/mol. The summed E-state index contributed by atoms with van der Waals surface area (Å²) >= 11 is 3.46. The summed E-state index contributed by atoms with van der Waals surface area (Å²) in [4.78, 5) is 3.86. The Bertz CT molecular complexity index is 537. The maximum Gasteiger partial charge on any atom is 0.141 e. The van der Waals surface area contributed by atoms with E-state index in [9.17, 15) is 4.39 Å². The topological polar surface area (TPSA) is 24.9 Å². The van der Waals surface area contributed by atoms with E-state index >= 15 is 0 Å². The highest BCUT2D eigenvalue weighted by Crippen LogP contribution is 2.23. The average Bonchev–Trinajstić information content (AvgIpc) is 2.27. The zero-order valence-corrected chi connectivity index (χ0v) is 11.8. The van der Waals surface area contributed by atoms with Gasteiger partial charge in [-0.3, -0.25) is 4.98 Å². The first-order chi connectivity index (χ1) is 8.54. The summed E-state index contributed by atoms with van der Waals surface area (Å²) in [6.07, 6.45) is 2.88. The van der Waals surface area contributed by atoms with Gasteiger partial charge in [-0.2, -0.15) is 0 Å². The minimum atomic E-state index is -0.313. The Morgan fingerprint density at radius 2 is 2.00 bits per heavy atom. The van der Waals surface area contributed by atoms with E-state index in [2.05, 4.69) is 26.2 Å². The van der Waals surface area contributed by atoms with Crippen LogP contribution >= 0.6 is 15.9 Å². The lowest BCUT2D eigenvalue weighted by Gasteiger charge is -2.16. The number of anilines is 1. The first kappa shape index (κ1) is 13.0. The van der Waals surface area contributed by atoms with E-state index in [1.807, 2.05) is 32.0 Å². The van der Waals surface area contributed by atoms with Crippen LogP contribution in [0, 0.1) is 12.7 Å². The van der Waals surface area contributed by atoms with Gasteiger partial charge in [-0.25, -0.2) is 4.39 Å². The van der Waals surface area contributed by atoms with Crippen molar-refractivity contribution in [2.24, 2.45) is 0 Å². The molecule has 2 nitrogen and oxygen atoms in total. The van der Waals surface area contributed by atoms with Gasteiger partial charge in [0, 0.05) is 16.4 Å². The minimum absolute atomic E-state index is 0.00176. The van der Waals surface area contributed by atoms with Crippen molar-refractivity contribution in [2.75, 3.05) is 5.32 Å². The molecule has 4 heteroatoms. The summed E-state index contributed by atoms with van der Waals surface area (Å²) in [7, 11) is 0. The molecule has 1 atom stereocenters. The predicted octanol–water partition coefficient (Wildman–Crippen LogP) is 4.46. The molecule has 1 heterocycles. The van der Waals surface area contributed by atoms with Gasteiger partial charge in [-0.15, -0.1) is 0 Å². The number of hydrogen-bond donors (Lipinski definition) is 1. The van der Waals surface area contributed by atoms with Crippen LogP contribution < -0.4 is 5.32 Å². The van der Waals surface area contributed by atoms with Gasteiger partial charge in [-0.1, -0.05) is 15.9 Å². The molecule has 94 valence electrons. The molecule has 0 amide bonds. The fourth-order valence-electron chi connectivity index (χ4n) is 1.82. The molecule has 0 aliphatic carbocycles. The smallest absolute Gasteiger partial charge is 0.141 e. The highest BCUT2D eigenvalue weighted by Gasteiger charge is 2.07. The van der Waals surface area contributed by atoms with Gasteiger partial charge in [0.15, 0.2) is 0 Å². The first-order valence-corrected chi connectivity index (χ1v) is 6.48. The highest BCUT2D eigenvalue weighted by molar-refractivity contribution is 9.10. The summed E-state index contributed by atoms with van der Waals surface area (Å²) in [6.45, 7) is 4.01. The highest BCUT2D eigenvalue weighted by atomic mass is 79.9. The summed E-state index contributed by atoms with van der Waals surface area (Å²) in [6, 6.07) is 7.58. The van der Waals surface area contributed by atoms with E-state index in [1.165, 1.54) is 12.3 Å².